The van der Waals surface area contributed by atoms with Gasteiger partial charge in [0, 0.05) is 17.1 Å². The molecule has 0 unspecified atom stereocenters. The molecule has 0 aromatic heterocycles. The van der Waals surface area contributed by atoms with Gasteiger partial charge >= 0.3 is 0 Å². The molecule has 0 aliphatic heterocycles. The van der Waals surface area contributed by atoms with Gasteiger partial charge in [0.25, 0.3) is 0 Å². The quantitative estimate of drug-likeness (QED) is 0.814. The fourth-order valence-corrected chi connectivity index (χ4v) is 2.76. The Morgan fingerprint density at radius 3 is 2.89 bits per heavy atom. The van der Waals surface area contributed by atoms with E-state index < -0.39 is 0 Å². The third-order valence-corrected chi connectivity index (χ3v) is 3.96. The molecule has 2 N–H and O–H groups in total. The predicted octanol–water partition coefficient (Wildman–Crippen LogP) is 2.56. The van der Waals surface area contributed by atoms with Crippen LogP contribution in [0.25, 0.3) is 0 Å². The molecule has 2 rings (SSSR count). The van der Waals surface area contributed by atoms with Crippen molar-refractivity contribution in [3.8, 4) is 5.75 Å². The SMILES string of the molecule is CN(CCOc1cccc(Br)c1C(N)=S)C1CC1. The number of nitrogens with two attached hydrogens (primary N) is 1. The third-order valence-electron chi connectivity index (χ3n) is 3.09. The average molecular weight is 329 g/mol. The topological polar surface area (TPSA) is 38.5 Å². The Balaban J connectivity index is 1.95. The molecule has 98 valence electrons. The minimum atomic E-state index is 0.355. The molecule has 0 bridgehead atoms. The first kappa shape index (κ1) is 13.8. The van der Waals surface area contributed by atoms with E-state index in [4.69, 9.17) is 22.7 Å². The van der Waals surface area contributed by atoms with Crippen molar-refractivity contribution in [2.45, 2.75) is 18.9 Å². The van der Waals surface area contributed by atoms with E-state index in [0.717, 1.165) is 28.4 Å². The van der Waals surface area contributed by atoms with Gasteiger partial charge in [-0.3, -0.25) is 0 Å². The van der Waals surface area contributed by atoms with Crippen LogP contribution < -0.4 is 10.5 Å². The van der Waals surface area contributed by atoms with Crippen LogP contribution >= 0.6 is 28.1 Å². The van der Waals surface area contributed by atoms with Crippen LogP contribution in [0.3, 0.4) is 0 Å². The molecule has 18 heavy (non-hydrogen) atoms. The third kappa shape index (κ3) is 3.43. The first-order chi connectivity index (χ1) is 8.59. The van der Waals surface area contributed by atoms with Crippen LogP contribution in [-0.2, 0) is 0 Å². The number of thiocarbonyl (C=S) groups is 1. The first-order valence-corrected chi connectivity index (χ1v) is 7.21. The highest BCUT2D eigenvalue weighted by atomic mass is 79.9. The van der Waals surface area contributed by atoms with Crippen molar-refractivity contribution in [3.63, 3.8) is 0 Å². The second kappa shape index (κ2) is 5.99. The lowest BCUT2D eigenvalue weighted by Gasteiger charge is -2.17. The molecule has 1 aliphatic carbocycles. The summed E-state index contributed by atoms with van der Waals surface area (Å²) in [5.41, 5.74) is 6.50. The summed E-state index contributed by atoms with van der Waals surface area (Å²) >= 11 is 8.49. The molecular weight excluding hydrogens is 312 g/mol. The molecule has 0 radical (unpaired) electrons. The van der Waals surface area contributed by atoms with E-state index in [1.54, 1.807) is 0 Å². The largest absolute Gasteiger partial charge is 0.491 e. The zero-order valence-corrected chi connectivity index (χ0v) is 12.8. The summed E-state index contributed by atoms with van der Waals surface area (Å²) in [6.45, 7) is 1.58. The number of nitrogens with zero attached hydrogens (tertiary/aromatic N) is 1. The summed E-state index contributed by atoms with van der Waals surface area (Å²) in [5.74, 6) is 0.751. The molecule has 1 saturated carbocycles. The van der Waals surface area contributed by atoms with Gasteiger partial charge in [-0.25, -0.2) is 0 Å². The molecule has 1 fully saturated rings. The second-order valence-corrected chi connectivity index (χ2v) is 5.83. The number of hydrogen-bond donors (Lipinski definition) is 1. The van der Waals surface area contributed by atoms with Gasteiger partial charge in [-0.15, -0.1) is 0 Å². The van der Waals surface area contributed by atoms with E-state index in [1.165, 1.54) is 12.8 Å². The summed E-state index contributed by atoms with van der Waals surface area (Å²) in [5, 5.41) is 0. The van der Waals surface area contributed by atoms with Crippen LogP contribution in [0.2, 0.25) is 0 Å². The molecule has 1 aliphatic rings. The van der Waals surface area contributed by atoms with Gasteiger partial charge in [0.2, 0.25) is 0 Å². The Bertz CT molecular complexity index is 449. The van der Waals surface area contributed by atoms with Gasteiger partial charge in [-0.05, 0) is 48.0 Å². The lowest BCUT2D eigenvalue weighted by atomic mass is 10.2. The Morgan fingerprint density at radius 2 is 2.28 bits per heavy atom. The van der Waals surface area contributed by atoms with Crippen LogP contribution in [0.1, 0.15) is 18.4 Å². The van der Waals surface area contributed by atoms with Crippen molar-refractivity contribution < 1.29 is 4.74 Å². The maximum absolute atomic E-state index is 5.79. The average Bonchev–Trinajstić information content (AvgIpc) is 3.12. The Hall–Kier alpha value is -0.650. The Morgan fingerprint density at radius 1 is 1.56 bits per heavy atom. The van der Waals surface area contributed by atoms with Crippen LogP contribution in [0.4, 0.5) is 0 Å². The van der Waals surface area contributed by atoms with E-state index in [0.29, 0.717) is 11.6 Å². The van der Waals surface area contributed by atoms with Gasteiger partial charge in [0.15, 0.2) is 0 Å². The van der Waals surface area contributed by atoms with Crippen molar-refractivity contribution in [2.24, 2.45) is 5.73 Å². The standard InChI is InChI=1S/C13H17BrN2OS/c1-16(9-5-6-9)7-8-17-11-4-2-3-10(14)12(11)13(15)18/h2-4,9H,5-8H2,1H3,(H2,15,18). The Labute approximate surface area is 121 Å². The van der Waals surface area contributed by atoms with Gasteiger partial charge in [-0.1, -0.05) is 18.3 Å². The van der Waals surface area contributed by atoms with E-state index >= 15 is 0 Å². The molecule has 0 spiro atoms. The number of benzene rings is 1. The number of halogens is 1. The highest BCUT2D eigenvalue weighted by Gasteiger charge is 2.25. The van der Waals surface area contributed by atoms with Crippen molar-refractivity contribution in [3.05, 3.63) is 28.2 Å². The first-order valence-electron chi connectivity index (χ1n) is 6.01. The van der Waals surface area contributed by atoms with Crippen LogP contribution in [0, 0.1) is 0 Å². The predicted molar refractivity (Wildman–Crippen MR) is 81.2 cm³/mol. The van der Waals surface area contributed by atoms with Crippen molar-refractivity contribution >= 4 is 33.1 Å². The van der Waals surface area contributed by atoms with Gasteiger partial charge < -0.3 is 15.4 Å². The van der Waals surface area contributed by atoms with Gasteiger partial charge in [-0.2, -0.15) is 0 Å². The van der Waals surface area contributed by atoms with Crippen LogP contribution in [-0.4, -0.2) is 36.1 Å². The summed E-state index contributed by atoms with van der Waals surface area (Å²) in [6, 6.07) is 6.49. The van der Waals surface area contributed by atoms with Crippen LogP contribution in [0.15, 0.2) is 22.7 Å². The molecule has 0 heterocycles. The number of rotatable bonds is 6. The smallest absolute Gasteiger partial charge is 0.130 e. The normalized spacial score (nSPS) is 14.8. The number of ether oxygens (including phenoxy) is 1. The maximum Gasteiger partial charge on any atom is 0.130 e. The molecule has 3 nitrogen and oxygen atoms in total. The van der Waals surface area contributed by atoms with E-state index in [2.05, 4.69) is 27.9 Å². The van der Waals surface area contributed by atoms with E-state index in [9.17, 15) is 0 Å². The lowest BCUT2D eigenvalue weighted by molar-refractivity contribution is 0.231. The molecule has 1 aromatic rings. The molecule has 0 saturated heterocycles. The highest BCUT2D eigenvalue weighted by molar-refractivity contribution is 9.10. The van der Waals surface area contributed by atoms with E-state index in [1.807, 2.05) is 18.2 Å². The second-order valence-electron chi connectivity index (χ2n) is 4.54. The zero-order chi connectivity index (χ0) is 13.1. The number of hydrogen-bond acceptors (Lipinski definition) is 3. The molecule has 0 amide bonds. The fourth-order valence-electron chi connectivity index (χ4n) is 1.86. The molecule has 0 atom stereocenters. The lowest BCUT2D eigenvalue weighted by Crippen LogP contribution is -2.26. The van der Waals surface area contributed by atoms with Crippen LogP contribution in [0.5, 0.6) is 5.75 Å². The van der Waals surface area contributed by atoms with Gasteiger partial charge in [0.1, 0.15) is 17.3 Å². The summed E-state index contributed by atoms with van der Waals surface area (Å²) in [6.07, 6.45) is 2.62. The monoisotopic (exact) mass is 328 g/mol. The highest BCUT2D eigenvalue weighted by Crippen LogP contribution is 2.27. The van der Waals surface area contributed by atoms with Crippen molar-refractivity contribution in [2.75, 3.05) is 20.2 Å². The number of likely N-dealkylation sites (N-methyl/N-ethyl adjacent to an activating group) is 1. The molecule has 5 heteroatoms. The fraction of sp³-hybridized carbons (Fsp3) is 0.462. The van der Waals surface area contributed by atoms with Gasteiger partial charge in [0.05, 0.1) is 5.56 Å². The summed E-state index contributed by atoms with van der Waals surface area (Å²) < 4.78 is 6.67. The van der Waals surface area contributed by atoms with E-state index in [-0.39, 0.29) is 0 Å². The molecule has 1 aromatic carbocycles. The summed E-state index contributed by atoms with van der Waals surface area (Å²) in [4.78, 5) is 2.69. The minimum absolute atomic E-state index is 0.355. The van der Waals surface area contributed by atoms with Crippen molar-refractivity contribution in [1.82, 2.24) is 4.90 Å². The minimum Gasteiger partial charge on any atom is -0.491 e. The van der Waals surface area contributed by atoms with Crippen molar-refractivity contribution in [1.29, 1.82) is 0 Å². The summed E-state index contributed by atoms with van der Waals surface area (Å²) in [7, 11) is 2.14. The zero-order valence-electron chi connectivity index (χ0n) is 10.4. The maximum atomic E-state index is 5.79. The molecular formula is C13H17BrN2OS. The Kier molecular flexibility index (Phi) is 4.59.